The van der Waals surface area contributed by atoms with Crippen LogP contribution in [-0.4, -0.2) is 44.2 Å². The van der Waals surface area contributed by atoms with Crippen LogP contribution in [0.2, 0.25) is 0 Å². The number of alkyl halides is 5. The molecule has 0 bridgehead atoms. The number of benzene rings is 2. The molecule has 1 aromatic heterocycles. The maximum atomic E-state index is 14.0. The van der Waals surface area contributed by atoms with Gasteiger partial charge in [0.1, 0.15) is 23.3 Å². The summed E-state index contributed by atoms with van der Waals surface area (Å²) < 4.78 is 81.3. The second-order valence-corrected chi connectivity index (χ2v) is 10.9. The summed E-state index contributed by atoms with van der Waals surface area (Å²) in [4.78, 5) is 31.1. The van der Waals surface area contributed by atoms with Gasteiger partial charge >= 0.3 is 25.1 Å². The molecule has 2 amide bonds. The van der Waals surface area contributed by atoms with Gasteiger partial charge in [0.05, 0.1) is 17.6 Å². The van der Waals surface area contributed by atoms with Crippen LogP contribution in [0, 0.1) is 0 Å². The Bertz CT molecular complexity index is 1410. The monoisotopic (exact) mass is 583 g/mol. The third kappa shape index (κ3) is 7.95. The zero-order valence-electron chi connectivity index (χ0n) is 23.3. The standard InChI is InChI=1S/C28H30F5N3O5/c1-8-19-17(14-35(24(37)40-26(2,3)4)25(38)41-27(5,6)7)13-20(21-22(19)36(15-34-21)23(29)30)16-9-11-18(12-10-16)39-28(31,32)33/h8-13,15,23H,1,14H2,2-7H3. The van der Waals surface area contributed by atoms with E-state index < -0.39 is 48.6 Å². The van der Waals surface area contributed by atoms with Gasteiger partial charge in [-0.15, -0.1) is 13.2 Å². The topological polar surface area (TPSA) is 82.9 Å². The first-order chi connectivity index (χ1) is 18.8. The van der Waals surface area contributed by atoms with Crippen molar-refractivity contribution in [1.82, 2.24) is 14.5 Å². The fraction of sp³-hybridized carbons (Fsp3) is 0.393. The number of aromatic nitrogens is 2. The van der Waals surface area contributed by atoms with Crippen LogP contribution in [0.3, 0.4) is 0 Å². The van der Waals surface area contributed by atoms with E-state index in [0.717, 1.165) is 18.5 Å². The first-order valence-corrected chi connectivity index (χ1v) is 12.3. The Kier molecular flexibility index (Phi) is 8.70. The Balaban J connectivity index is 2.22. The summed E-state index contributed by atoms with van der Waals surface area (Å²) >= 11 is 0. The van der Waals surface area contributed by atoms with Crippen LogP contribution >= 0.6 is 0 Å². The van der Waals surface area contributed by atoms with E-state index in [-0.39, 0.29) is 27.7 Å². The fourth-order valence-electron chi connectivity index (χ4n) is 3.87. The van der Waals surface area contributed by atoms with Crippen LogP contribution in [0.15, 0.2) is 43.2 Å². The smallest absolute Gasteiger partial charge is 0.443 e. The van der Waals surface area contributed by atoms with Gasteiger partial charge in [-0.05, 0) is 70.9 Å². The highest BCUT2D eigenvalue weighted by Crippen LogP contribution is 2.37. The van der Waals surface area contributed by atoms with Crippen molar-refractivity contribution in [3.63, 3.8) is 0 Å². The van der Waals surface area contributed by atoms with E-state index in [9.17, 15) is 31.5 Å². The Morgan fingerprint density at radius 3 is 1.98 bits per heavy atom. The van der Waals surface area contributed by atoms with Crippen molar-refractivity contribution < 1.29 is 45.8 Å². The maximum Gasteiger partial charge on any atom is 0.573 e. The van der Waals surface area contributed by atoms with E-state index in [1.165, 1.54) is 24.3 Å². The Labute approximate surface area is 233 Å². The molecule has 0 radical (unpaired) electrons. The van der Waals surface area contributed by atoms with Gasteiger partial charge in [-0.3, -0.25) is 4.57 Å². The first kappa shape index (κ1) is 31.4. The molecule has 0 aliphatic carbocycles. The SMILES string of the molecule is C=Cc1c(CN(C(=O)OC(C)(C)C)C(=O)OC(C)(C)C)cc(-c2ccc(OC(F)(F)F)cc2)c2ncn(C(F)F)c12. The number of amides is 2. The highest BCUT2D eigenvalue weighted by Gasteiger charge is 2.33. The number of carbonyl (C=O) groups is 2. The number of ether oxygens (including phenoxy) is 3. The average molecular weight is 584 g/mol. The number of hydrogen-bond donors (Lipinski definition) is 0. The number of halogens is 5. The largest absolute Gasteiger partial charge is 0.573 e. The molecular formula is C28H30F5N3O5. The number of fused-ring (bicyclic) bond motifs is 1. The van der Waals surface area contributed by atoms with E-state index in [4.69, 9.17) is 9.47 Å². The van der Waals surface area contributed by atoms with E-state index in [1.54, 1.807) is 41.5 Å². The molecule has 13 heteroatoms. The van der Waals surface area contributed by atoms with Gasteiger partial charge in [0.15, 0.2) is 0 Å². The molecule has 0 saturated heterocycles. The molecule has 2 aromatic carbocycles. The van der Waals surface area contributed by atoms with Gasteiger partial charge in [-0.2, -0.15) is 8.78 Å². The van der Waals surface area contributed by atoms with Gasteiger partial charge in [0, 0.05) is 11.1 Å². The lowest BCUT2D eigenvalue weighted by Crippen LogP contribution is -2.43. The van der Waals surface area contributed by atoms with Gasteiger partial charge < -0.3 is 14.2 Å². The molecule has 0 fully saturated rings. The number of carbonyl (C=O) groups excluding carboxylic acids is 2. The zero-order chi connectivity index (χ0) is 30.9. The fourth-order valence-corrected chi connectivity index (χ4v) is 3.87. The highest BCUT2D eigenvalue weighted by atomic mass is 19.4. The molecule has 0 aliphatic rings. The minimum absolute atomic E-state index is 0.0635. The van der Waals surface area contributed by atoms with Gasteiger partial charge in [0.25, 0.3) is 0 Å². The summed E-state index contributed by atoms with van der Waals surface area (Å²) in [6.07, 6.45) is -4.80. The molecule has 0 N–H and O–H groups in total. The van der Waals surface area contributed by atoms with Crippen molar-refractivity contribution in [2.24, 2.45) is 0 Å². The molecule has 0 atom stereocenters. The molecule has 0 spiro atoms. The molecule has 0 saturated carbocycles. The second-order valence-electron chi connectivity index (χ2n) is 10.9. The molecule has 0 aliphatic heterocycles. The number of imide groups is 1. The molecule has 1 heterocycles. The molecule has 3 aromatic rings. The quantitative estimate of drug-likeness (QED) is 0.272. The zero-order valence-corrected chi connectivity index (χ0v) is 23.3. The lowest BCUT2D eigenvalue weighted by Gasteiger charge is -2.29. The minimum atomic E-state index is -4.91. The van der Waals surface area contributed by atoms with Crippen LogP contribution in [0.5, 0.6) is 5.75 Å². The summed E-state index contributed by atoms with van der Waals surface area (Å²) in [7, 11) is 0. The van der Waals surface area contributed by atoms with E-state index in [1.807, 2.05) is 0 Å². The minimum Gasteiger partial charge on any atom is -0.443 e. The number of imidazole rings is 1. The van der Waals surface area contributed by atoms with Gasteiger partial charge in [0.2, 0.25) is 0 Å². The van der Waals surface area contributed by atoms with Crippen molar-refractivity contribution in [1.29, 1.82) is 0 Å². The van der Waals surface area contributed by atoms with Crippen molar-refractivity contribution >= 4 is 29.3 Å². The predicted molar refractivity (Wildman–Crippen MR) is 141 cm³/mol. The molecule has 3 rings (SSSR count). The van der Waals surface area contributed by atoms with Crippen LogP contribution < -0.4 is 4.74 Å². The van der Waals surface area contributed by atoms with Crippen molar-refractivity contribution in [2.75, 3.05) is 0 Å². The third-order valence-electron chi connectivity index (χ3n) is 5.34. The van der Waals surface area contributed by atoms with Crippen LogP contribution in [0.1, 0.15) is 59.2 Å². The van der Waals surface area contributed by atoms with E-state index in [0.29, 0.717) is 15.0 Å². The van der Waals surface area contributed by atoms with E-state index >= 15 is 0 Å². The molecular weight excluding hydrogens is 553 g/mol. The second kappa shape index (κ2) is 11.4. The molecule has 8 nitrogen and oxygen atoms in total. The van der Waals surface area contributed by atoms with Crippen molar-refractivity contribution in [3.05, 3.63) is 54.4 Å². The highest BCUT2D eigenvalue weighted by molar-refractivity contribution is 5.98. The van der Waals surface area contributed by atoms with Crippen molar-refractivity contribution in [3.8, 4) is 16.9 Å². The molecule has 41 heavy (non-hydrogen) atoms. The van der Waals surface area contributed by atoms with Crippen LogP contribution in [0.25, 0.3) is 28.2 Å². The lowest BCUT2D eigenvalue weighted by molar-refractivity contribution is -0.274. The van der Waals surface area contributed by atoms with Gasteiger partial charge in [-0.1, -0.05) is 24.8 Å². The molecule has 0 unspecified atom stereocenters. The normalized spacial score (nSPS) is 12.4. The van der Waals surface area contributed by atoms with Crippen LogP contribution in [0.4, 0.5) is 31.5 Å². The predicted octanol–water partition coefficient (Wildman–Crippen LogP) is 8.31. The van der Waals surface area contributed by atoms with Crippen LogP contribution in [-0.2, 0) is 16.0 Å². The Morgan fingerprint density at radius 2 is 1.54 bits per heavy atom. The first-order valence-electron chi connectivity index (χ1n) is 12.3. The Morgan fingerprint density at radius 1 is 1.00 bits per heavy atom. The average Bonchev–Trinajstić information content (AvgIpc) is 3.24. The number of hydrogen-bond acceptors (Lipinski definition) is 6. The summed E-state index contributed by atoms with van der Waals surface area (Å²) in [5.74, 6) is -0.487. The van der Waals surface area contributed by atoms with E-state index in [2.05, 4.69) is 16.3 Å². The maximum absolute atomic E-state index is 14.0. The number of rotatable bonds is 6. The van der Waals surface area contributed by atoms with Crippen molar-refractivity contribution in [2.45, 2.75) is 72.2 Å². The summed E-state index contributed by atoms with van der Waals surface area (Å²) in [5, 5.41) is 0. The lowest BCUT2D eigenvalue weighted by atomic mass is 9.96. The summed E-state index contributed by atoms with van der Waals surface area (Å²) in [6.45, 7) is 9.85. The third-order valence-corrected chi connectivity index (χ3v) is 5.34. The summed E-state index contributed by atoms with van der Waals surface area (Å²) in [6, 6.07) is 6.22. The van der Waals surface area contributed by atoms with Gasteiger partial charge in [-0.25, -0.2) is 19.5 Å². The summed E-state index contributed by atoms with van der Waals surface area (Å²) in [5.41, 5.74) is -1.05. The molecule has 222 valence electrons. The Hall–Kier alpha value is -4.16. The number of nitrogens with zero attached hydrogens (tertiary/aromatic N) is 3.